The van der Waals surface area contributed by atoms with Crippen molar-refractivity contribution in [1.82, 2.24) is 48.2 Å². The van der Waals surface area contributed by atoms with Gasteiger partial charge in [-0.2, -0.15) is 0 Å². The Morgan fingerprint density at radius 3 is 1.03 bits per heavy atom. The molecule has 14 heteroatoms. The van der Waals surface area contributed by atoms with Crippen LogP contribution in [-0.4, -0.2) is 72.4 Å². The molecule has 0 radical (unpaired) electrons. The highest BCUT2D eigenvalue weighted by atomic mass is 28.3. The van der Waals surface area contributed by atoms with Crippen molar-refractivity contribution >= 4 is 165 Å². The fraction of sp³-hybridized carbons (Fsp3) is 0.0667. The quantitative estimate of drug-likeness (QED) is 0.125. The van der Waals surface area contributed by atoms with E-state index in [4.69, 9.17) is 34.3 Å². The van der Waals surface area contributed by atoms with Crippen molar-refractivity contribution in [3.05, 3.63) is 460 Å². The van der Waals surface area contributed by atoms with Gasteiger partial charge in [0, 0.05) is 142 Å². The fourth-order valence-corrected chi connectivity index (χ4v) is 34.3. The van der Waals surface area contributed by atoms with E-state index in [-0.39, 0.29) is 5.41 Å². The number of rotatable bonds is 10. The number of fused-ring (bicyclic) bond motifs is 30. The van der Waals surface area contributed by atoms with E-state index in [2.05, 4.69) is 514 Å². The van der Waals surface area contributed by atoms with Crippen LogP contribution in [0, 0.1) is 0 Å². The first-order valence-corrected chi connectivity index (χ1v) is 60.6. The molecular formula is C135H98N10OSi3. The summed E-state index contributed by atoms with van der Waals surface area (Å²) in [5.74, 6) is 2.29. The molecule has 31 rings (SSSR count). The number of hydrogen-bond donors (Lipinski definition) is 0. The maximum Gasteiger partial charge on any atom is 0.161 e. The van der Waals surface area contributed by atoms with Crippen LogP contribution in [0.3, 0.4) is 0 Å². The zero-order valence-electron chi connectivity index (χ0n) is 83.6. The van der Waals surface area contributed by atoms with Gasteiger partial charge in [0.15, 0.2) is 23.1 Å². The van der Waals surface area contributed by atoms with Gasteiger partial charge >= 0.3 is 0 Å². The van der Waals surface area contributed by atoms with Crippen molar-refractivity contribution in [3.8, 4) is 135 Å². The van der Waals surface area contributed by atoms with E-state index in [1.165, 1.54) is 158 Å². The maximum atomic E-state index is 6.66. The molecule has 1 aliphatic carbocycles. The van der Waals surface area contributed by atoms with Crippen molar-refractivity contribution in [2.24, 2.45) is 0 Å². The summed E-state index contributed by atoms with van der Waals surface area (Å²) in [6, 6.07) is 161. The predicted octanol–water partition coefficient (Wildman–Crippen LogP) is 30.4. The van der Waals surface area contributed by atoms with Gasteiger partial charge in [0.1, 0.15) is 29.8 Å². The van der Waals surface area contributed by atoms with Gasteiger partial charge < -0.3 is 22.7 Å². The lowest BCUT2D eigenvalue weighted by Gasteiger charge is -2.23. The van der Waals surface area contributed by atoms with Gasteiger partial charge in [-0.25, -0.2) is 29.9 Å². The summed E-state index contributed by atoms with van der Waals surface area (Å²) in [7, 11) is -6.27. The molecule has 3 aliphatic heterocycles. The SMILES string of the molecule is CC1(C)c2ccccc2-c2ccc3c4ccccc4n(-c4cccc(-c5nc(-c6ccccc6)c6c(n5)[Si](C)(C)c5ccccc5-6)c4)c3c21.C[Si]1(C)c2ccccc2-c2c(-c3ccccc3)nc(-c3cccc(-n4c5ccccc5c5ccc6c7ccccc7n(-c7ccccc7)c6c54)c3)nc21.C[Si]1(C)c2ccccc2-c2c(-c3ccccc3)nc(-c3ccccc3-n3c4ccccc4c4ccc5c6ccccc6oc5c43)nc21. The molecule has 27 aromatic rings. The first kappa shape index (κ1) is 87.6. The number of para-hydroxylation sites is 7. The van der Waals surface area contributed by atoms with Gasteiger partial charge in [0.2, 0.25) is 0 Å². The van der Waals surface area contributed by atoms with Gasteiger partial charge in [-0.15, -0.1) is 0 Å². The van der Waals surface area contributed by atoms with Crippen LogP contribution in [0.5, 0.6) is 0 Å². The molecule has 0 atom stereocenters. The Balaban J connectivity index is 0.000000105. The molecule has 0 spiro atoms. The summed E-state index contributed by atoms with van der Waals surface area (Å²) in [6.45, 7) is 19.3. The van der Waals surface area contributed by atoms with Crippen LogP contribution < -0.4 is 31.5 Å². The second-order valence-corrected chi connectivity index (χ2v) is 55.0. The van der Waals surface area contributed by atoms with Crippen LogP contribution in [0.25, 0.3) is 244 Å². The topological polar surface area (TPSA) is 110 Å². The average Bonchev–Trinajstić information content (AvgIpc) is 1.55. The van der Waals surface area contributed by atoms with Crippen LogP contribution in [0.2, 0.25) is 39.3 Å². The number of benzene rings is 19. The highest BCUT2D eigenvalue weighted by Crippen LogP contribution is 2.55. The van der Waals surface area contributed by atoms with Crippen LogP contribution in [0.4, 0.5) is 0 Å². The third-order valence-corrected chi connectivity index (χ3v) is 42.4. The predicted molar refractivity (Wildman–Crippen MR) is 627 cm³/mol. The van der Waals surface area contributed by atoms with Gasteiger partial charge in [-0.05, 0) is 139 Å². The molecule has 0 fully saturated rings. The zero-order valence-corrected chi connectivity index (χ0v) is 86.6. The summed E-state index contributed by atoms with van der Waals surface area (Å²) < 4.78 is 16.4. The molecule has 0 amide bonds. The minimum Gasteiger partial charge on any atom is -0.454 e. The van der Waals surface area contributed by atoms with E-state index in [1.54, 1.807) is 0 Å². The van der Waals surface area contributed by atoms with E-state index in [9.17, 15) is 0 Å². The molecule has 0 saturated heterocycles. The Labute approximate surface area is 864 Å². The Morgan fingerprint density at radius 2 is 0.557 bits per heavy atom. The maximum absolute atomic E-state index is 6.66. The first-order chi connectivity index (χ1) is 73.0. The van der Waals surface area contributed by atoms with Crippen LogP contribution in [0.15, 0.2) is 453 Å². The van der Waals surface area contributed by atoms with Gasteiger partial charge in [-0.3, -0.25) is 0 Å². The van der Waals surface area contributed by atoms with E-state index in [0.29, 0.717) is 0 Å². The van der Waals surface area contributed by atoms with E-state index >= 15 is 0 Å². The third-order valence-electron chi connectivity index (χ3n) is 32.4. The fourth-order valence-electron chi connectivity index (χ4n) is 25.5. The summed E-state index contributed by atoms with van der Waals surface area (Å²) in [5.41, 5.74) is 37.7. The minimum atomic E-state index is -2.11. The molecule has 0 unspecified atom stereocenters. The normalized spacial score (nSPS) is 13.9. The Morgan fingerprint density at radius 1 is 0.228 bits per heavy atom. The summed E-state index contributed by atoms with van der Waals surface area (Å²) in [5, 5.41) is 20.0. The molecule has 11 nitrogen and oxygen atoms in total. The van der Waals surface area contributed by atoms with Crippen molar-refractivity contribution < 1.29 is 4.42 Å². The molecule has 149 heavy (non-hydrogen) atoms. The Hall–Kier alpha value is -17.9. The number of hydrogen-bond acceptors (Lipinski definition) is 7. The molecule has 0 bridgehead atoms. The van der Waals surface area contributed by atoms with Crippen LogP contribution in [-0.2, 0) is 5.41 Å². The first-order valence-electron chi connectivity index (χ1n) is 51.6. The largest absolute Gasteiger partial charge is 0.454 e. The molecule has 19 aromatic carbocycles. The smallest absolute Gasteiger partial charge is 0.161 e. The lowest BCUT2D eigenvalue weighted by Crippen LogP contribution is -2.50. The molecule has 4 aliphatic rings. The summed E-state index contributed by atoms with van der Waals surface area (Å²) in [4.78, 5) is 32.8. The molecule has 11 heterocycles. The average molecular weight is 1960 g/mol. The monoisotopic (exact) mass is 1960 g/mol. The number of nitrogens with zero attached hydrogens (tertiary/aromatic N) is 10. The molecule has 8 aromatic heterocycles. The summed E-state index contributed by atoms with van der Waals surface area (Å²) >= 11 is 0. The summed E-state index contributed by atoms with van der Waals surface area (Å²) in [6.07, 6.45) is 0. The van der Waals surface area contributed by atoms with E-state index in [1.807, 2.05) is 6.07 Å². The van der Waals surface area contributed by atoms with E-state index in [0.717, 1.165) is 129 Å². The minimum absolute atomic E-state index is 0.145. The van der Waals surface area contributed by atoms with Gasteiger partial charge in [0.25, 0.3) is 0 Å². The molecule has 706 valence electrons. The van der Waals surface area contributed by atoms with E-state index < -0.39 is 24.2 Å². The lowest BCUT2D eigenvalue weighted by molar-refractivity contribution is 0.664. The highest BCUT2D eigenvalue weighted by molar-refractivity contribution is 7.04. The Kier molecular flexibility index (Phi) is 19.6. The van der Waals surface area contributed by atoms with Crippen LogP contribution in [0.1, 0.15) is 25.0 Å². The van der Waals surface area contributed by atoms with Gasteiger partial charge in [0.05, 0.1) is 66.9 Å². The lowest BCUT2D eigenvalue weighted by atomic mass is 9.81. The van der Waals surface area contributed by atoms with Crippen molar-refractivity contribution in [1.29, 1.82) is 0 Å². The van der Waals surface area contributed by atoms with Crippen molar-refractivity contribution in [3.63, 3.8) is 0 Å². The molecule has 0 N–H and O–H groups in total. The second-order valence-electron chi connectivity index (χ2n) is 42.2. The highest BCUT2D eigenvalue weighted by Gasteiger charge is 2.46. The van der Waals surface area contributed by atoms with Gasteiger partial charge in [-0.1, -0.05) is 417 Å². The number of aromatic nitrogens is 10. The zero-order chi connectivity index (χ0) is 99.6. The van der Waals surface area contributed by atoms with Crippen LogP contribution >= 0.6 is 0 Å². The standard InChI is InChI=1S/C48H34N4Si.C45H35N3Si.C42H29N3OSi/c1-53(2)42-27-14-11-24-39(42)43-44(31-16-5-3-6-17-31)49-47(50-48(43)53)32-18-15-21-34(30-32)52-41-26-13-10-23-36(41)38-29-28-37-35-22-9-12-25-40(35)51(45(37)46(38)52)33-19-7-4-8-20-33;1-45(2)36-22-11-8-19-31(36)33-25-26-34-32-20-9-12-23-37(32)48(42(34)40(33)45)30-18-14-17-29(27-30)43-46-41(28-15-6-5-7-16-28)39-35-21-10-13-24-38(35)49(3,4)44(39)47-43;1-47(2)36-23-13-9-19-32(36)37-38(26-14-4-3-5-15-26)43-41(44-42(37)47)31-18-7-11-21-34(31)45-33-20-10-6-16-27(33)29-24-25-30-28-17-8-12-22-35(28)46-40(30)39(29)45/h3-30H,1-2H3;5-27H,1-4H3;3-25H,1-2H3. The number of furan rings is 1. The molecule has 0 saturated carbocycles. The van der Waals surface area contributed by atoms with Crippen molar-refractivity contribution in [2.45, 2.75) is 58.5 Å². The molecular weight excluding hydrogens is 1860 g/mol. The second kappa shape index (κ2) is 33.3. The third kappa shape index (κ3) is 13.1. The Bertz CT molecular complexity index is 10300. The van der Waals surface area contributed by atoms with Crippen molar-refractivity contribution in [2.75, 3.05) is 0 Å².